The SMILES string of the molecule is CCOP(=O)(Cc1ccc(-c2ccccc2)cc1)OCC.CCO[PH](=O)OCC. The maximum Gasteiger partial charge on any atom is 0.335 e. The first-order valence-corrected chi connectivity index (χ1v) is 12.7. The summed E-state index contributed by atoms with van der Waals surface area (Å²) in [5, 5.41) is 0. The number of rotatable bonds is 11. The van der Waals surface area contributed by atoms with E-state index in [2.05, 4.69) is 21.2 Å². The monoisotopic (exact) mass is 442 g/mol. The molecule has 2 aromatic rings. The first kappa shape index (κ1) is 25.8. The van der Waals surface area contributed by atoms with Crippen LogP contribution < -0.4 is 0 Å². The molecule has 162 valence electrons. The van der Waals surface area contributed by atoms with E-state index >= 15 is 0 Å². The van der Waals surface area contributed by atoms with E-state index in [1.54, 1.807) is 13.8 Å². The fraction of sp³-hybridized carbons (Fsp3) is 0.429. The van der Waals surface area contributed by atoms with Gasteiger partial charge in [0, 0.05) is 0 Å². The molecular formula is C21H32O6P2. The van der Waals surface area contributed by atoms with E-state index < -0.39 is 15.9 Å². The van der Waals surface area contributed by atoms with Crippen LogP contribution in [0.25, 0.3) is 11.1 Å². The van der Waals surface area contributed by atoms with Gasteiger partial charge in [-0.05, 0) is 44.4 Å². The normalized spacial score (nSPS) is 11.2. The molecule has 8 heteroatoms. The van der Waals surface area contributed by atoms with Gasteiger partial charge >= 0.3 is 15.9 Å². The smallest absolute Gasteiger partial charge is 0.311 e. The molecule has 0 spiro atoms. The molecule has 0 atom stereocenters. The van der Waals surface area contributed by atoms with Gasteiger partial charge in [-0.15, -0.1) is 0 Å². The summed E-state index contributed by atoms with van der Waals surface area (Å²) in [5.74, 6) is 0. The van der Waals surface area contributed by atoms with Crippen molar-refractivity contribution in [2.45, 2.75) is 33.9 Å². The molecule has 0 aliphatic rings. The van der Waals surface area contributed by atoms with Crippen LogP contribution in [0.3, 0.4) is 0 Å². The highest BCUT2D eigenvalue weighted by Crippen LogP contribution is 2.51. The maximum atomic E-state index is 12.5. The summed E-state index contributed by atoms with van der Waals surface area (Å²) in [6.45, 7) is 8.89. The summed E-state index contributed by atoms with van der Waals surface area (Å²) in [6.07, 6.45) is 0.309. The Kier molecular flexibility index (Phi) is 13.0. The minimum absolute atomic E-state index is 0.309. The highest BCUT2D eigenvalue weighted by molar-refractivity contribution is 7.53. The van der Waals surface area contributed by atoms with Crippen LogP contribution in [0.2, 0.25) is 0 Å². The lowest BCUT2D eigenvalue weighted by Crippen LogP contribution is -1.99. The van der Waals surface area contributed by atoms with Gasteiger partial charge in [-0.25, -0.2) is 0 Å². The molecule has 0 aliphatic heterocycles. The van der Waals surface area contributed by atoms with Gasteiger partial charge in [-0.3, -0.25) is 9.13 Å². The van der Waals surface area contributed by atoms with Crippen molar-refractivity contribution in [3.63, 3.8) is 0 Å². The van der Waals surface area contributed by atoms with Gasteiger partial charge in [-0.1, -0.05) is 54.6 Å². The Bertz CT molecular complexity index is 732. The van der Waals surface area contributed by atoms with Crippen LogP contribution >= 0.6 is 15.9 Å². The fourth-order valence-electron chi connectivity index (χ4n) is 2.46. The van der Waals surface area contributed by atoms with Gasteiger partial charge in [0.15, 0.2) is 0 Å². The second kappa shape index (κ2) is 14.7. The van der Waals surface area contributed by atoms with Crippen molar-refractivity contribution in [3.05, 3.63) is 60.2 Å². The topological polar surface area (TPSA) is 71.1 Å². The van der Waals surface area contributed by atoms with Crippen molar-refractivity contribution in [1.82, 2.24) is 0 Å². The molecule has 0 aliphatic carbocycles. The predicted octanol–water partition coefficient (Wildman–Crippen LogP) is 6.57. The summed E-state index contributed by atoms with van der Waals surface area (Å²) in [6, 6.07) is 18.2. The van der Waals surface area contributed by atoms with Crippen LogP contribution in [-0.4, -0.2) is 26.4 Å². The molecule has 0 aromatic heterocycles. The van der Waals surface area contributed by atoms with Crippen molar-refractivity contribution in [3.8, 4) is 11.1 Å². The fourth-order valence-corrected chi connectivity index (χ4v) is 4.71. The first-order valence-electron chi connectivity index (χ1n) is 9.80. The van der Waals surface area contributed by atoms with E-state index in [9.17, 15) is 9.13 Å². The van der Waals surface area contributed by atoms with E-state index in [0.29, 0.717) is 32.6 Å². The molecule has 0 N–H and O–H groups in total. The van der Waals surface area contributed by atoms with Gasteiger partial charge in [-0.2, -0.15) is 0 Å². The van der Waals surface area contributed by atoms with E-state index in [4.69, 9.17) is 9.05 Å². The Balaban J connectivity index is 0.000000447. The first-order chi connectivity index (χ1) is 14.0. The Morgan fingerprint density at radius 2 is 1.21 bits per heavy atom. The minimum atomic E-state index is -3.03. The third-order valence-electron chi connectivity index (χ3n) is 3.61. The predicted molar refractivity (Wildman–Crippen MR) is 119 cm³/mol. The Labute approximate surface area is 175 Å². The van der Waals surface area contributed by atoms with Crippen LogP contribution in [0, 0.1) is 0 Å². The van der Waals surface area contributed by atoms with Crippen LogP contribution in [-0.2, 0) is 33.4 Å². The number of benzene rings is 2. The van der Waals surface area contributed by atoms with Crippen LogP contribution in [0.1, 0.15) is 33.3 Å². The Hall–Kier alpha value is -1.26. The summed E-state index contributed by atoms with van der Waals surface area (Å²) < 4.78 is 42.7. The lowest BCUT2D eigenvalue weighted by Gasteiger charge is -2.17. The van der Waals surface area contributed by atoms with Crippen LogP contribution in [0.15, 0.2) is 54.6 Å². The van der Waals surface area contributed by atoms with Crippen molar-refractivity contribution in [2.24, 2.45) is 0 Å². The zero-order valence-electron chi connectivity index (χ0n) is 17.6. The average Bonchev–Trinajstić information content (AvgIpc) is 2.70. The summed E-state index contributed by atoms with van der Waals surface area (Å²) in [5.41, 5.74) is 3.27. The van der Waals surface area contributed by atoms with E-state index in [1.807, 2.05) is 56.3 Å². The zero-order valence-corrected chi connectivity index (χ0v) is 19.5. The third-order valence-corrected chi connectivity index (χ3v) is 6.72. The molecule has 0 bridgehead atoms. The molecule has 0 saturated heterocycles. The van der Waals surface area contributed by atoms with Crippen molar-refractivity contribution in [1.29, 1.82) is 0 Å². The van der Waals surface area contributed by atoms with Gasteiger partial charge in [0.25, 0.3) is 0 Å². The molecule has 0 saturated carbocycles. The molecule has 0 fully saturated rings. The summed E-state index contributed by atoms with van der Waals surface area (Å²) in [4.78, 5) is 0. The summed E-state index contributed by atoms with van der Waals surface area (Å²) in [7, 11) is -5.17. The lowest BCUT2D eigenvalue weighted by atomic mass is 10.0. The van der Waals surface area contributed by atoms with Gasteiger partial charge < -0.3 is 18.1 Å². The second-order valence-corrected chi connectivity index (χ2v) is 8.92. The van der Waals surface area contributed by atoms with E-state index in [1.165, 1.54) is 5.56 Å². The van der Waals surface area contributed by atoms with Crippen LogP contribution in [0.5, 0.6) is 0 Å². The van der Waals surface area contributed by atoms with Gasteiger partial charge in [0.05, 0.1) is 32.6 Å². The quantitative estimate of drug-likeness (QED) is 0.367. The molecule has 6 nitrogen and oxygen atoms in total. The highest BCUT2D eigenvalue weighted by Gasteiger charge is 2.23. The third kappa shape index (κ3) is 10.4. The van der Waals surface area contributed by atoms with Gasteiger partial charge in [0.2, 0.25) is 0 Å². The summed E-state index contributed by atoms with van der Waals surface area (Å²) >= 11 is 0. The molecule has 2 rings (SSSR count). The standard InChI is InChI=1S/C17H21O3P.C4H11O3P/c1-3-19-21(18,20-4-2)14-15-10-12-17(13-11-15)16-8-6-5-7-9-16;1-3-6-8(5)7-4-2/h5-13H,3-4,14H2,1-2H3;8H,3-4H2,1-2H3. The van der Waals surface area contributed by atoms with Crippen LogP contribution in [0.4, 0.5) is 0 Å². The highest BCUT2D eigenvalue weighted by atomic mass is 31.2. The molecule has 0 amide bonds. The molecule has 29 heavy (non-hydrogen) atoms. The van der Waals surface area contributed by atoms with Crippen molar-refractivity contribution < 1.29 is 27.2 Å². The number of hydrogen-bond acceptors (Lipinski definition) is 6. The molecule has 0 unspecified atom stereocenters. The minimum Gasteiger partial charge on any atom is -0.311 e. The van der Waals surface area contributed by atoms with E-state index in [-0.39, 0.29) is 0 Å². The second-order valence-electron chi connectivity index (χ2n) is 5.78. The zero-order chi connectivity index (χ0) is 21.5. The van der Waals surface area contributed by atoms with Crippen molar-refractivity contribution in [2.75, 3.05) is 26.4 Å². The average molecular weight is 442 g/mol. The molecule has 2 aromatic carbocycles. The van der Waals surface area contributed by atoms with E-state index in [0.717, 1.165) is 11.1 Å². The molecule has 0 radical (unpaired) electrons. The lowest BCUT2D eigenvalue weighted by molar-refractivity contribution is 0.219. The Morgan fingerprint density at radius 3 is 1.66 bits per heavy atom. The molecule has 0 heterocycles. The van der Waals surface area contributed by atoms with Gasteiger partial charge in [0.1, 0.15) is 0 Å². The largest absolute Gasteiger partial charge is 0.335 e. The van der Waals surface area contributed by atoms with Crippen molar-refractivity contribution >= 4 is 15.9 Å². The Morgan fingerprint density at radius 1 is 0.724 bits per heavy atom. The maximum absolute atomic E-state index is 12.5. The molecular weight excluding hydrogens is 410 g/mol. The number of hydrogen-bond donors (Lipinski definition) is 0.